The van der Waals surface area contributed by atoms with Gasteiger partial charge in [-0.15, -0.1) is 0 Å². The first kappa shape index (κ1) is 18.7. The highest BCUT2D eigenvalue weighted by atomic mass is 16.5. The van der Waals surface area contributed by atoms with Crippen LogP contribution in [0.25, 0.3) is 0 Å². The summed E-state index contributed by atoms with van der Waals surface area (Å²) in [6.45, 7) is 4.04. The third-order valence-corrected chi connectivity index (χ3v) is 5.18. The van der Waals surface area contributed by atoms with E-state index >= 15 is 0 Å². The van der Waals surface area contributed by atoms with Gasteiger partial charge in [-0.25, -0.2) is 0 Å². The topological polar surface area (TPSA) is 44.7 Å². The zero-order chi connectivity index (χ0) is 18.2. The Morgan fingerprint density at radius 2 is 2.00 bits per heavy atom. The van der Waals surface area contributed by atoms with Gasteiger partial charge in [0, 0.05) is 24.7 Å². The lowest BCUT2D eigenvalue weighted by Gasteiger charge is -2.33. The van der Waals surface area contributed by atoms with Crippen LogP contribution in [0.4, 0.5) is 0 Å². The molecule has 1 aliphatic heterocycles. The molecule has 2 aromatic rings. The minimum Gasteiger partial charge on any atom is -0.507 e. The molecule has 0 aromatic heterocycles. The number of methoxy groups -OCH3 is 1. The Kier molecular flexibility index (Phi) is 6.92. The normalized spacial score (nSPS) is 18.0. The summed E-state index contributed by atoms with van der Waals surface area (Å²) in [6, 6.07) is 16.6. The second-order valence-corrected chi connectivity index (χ2v) is 7.07. The number of benzene rings is 2. The average Bonchev–Trinajstić information content (AvgIpc) is 2.68. The van der Waals surface area contributed by atoms with Crippen molar-refractivity contribution in [1.29, 1.82) is 0 Å². The molecule has 1 aliphatic rings. The number of ether oxygens (including phenoxy) is 1. The van der Waals surface area contributed by atoms with Crippen LogP contribution in [0.3, 0.4) is 0 Å². The molecule has 1 fully saturated rings. The van der Waals surface area contributed by atoms with Gasteiger partial charge in [-0.1, -0.05) is 36.4 Å². The van der Waals surface area contributed by atoms with E-state index in [9.17, 15) is 5.11 Å². The molecule has 140 valence electrons. The van der Waals surface area contributed by atoms with E-state index < -0.39 is 0 Å². The molecule has 0 amide bonds. The zero-order valence-corrected chi connectivity index (χ0v) is 15.7. The van der Waals surface area contributed by atoms with Crippen molar-refractivity contribution >= 4 is 0 Å². The van der Waals surface area contributed by atoms with Gasteiger partial charge in [0.25, 0.3) is 0 Å². The first-order chi connectivity index (χ1) is 12.8. The van der Waals surface area contributed by atoms with Crippen LogP contribution in [0.2, 0.25) is 0 Å². The zero-order valence-electron chi connectivity index (χ0n) is 15.7. The first-order valence-electron chi connectivity index (χ1n) is 9.61. The van der Waals surface area contributed by atoms with E-state index in [4.69, 9.17) is 4.74 Å². The molecule has 3 rings (SSSR count). The SMILES string of the molecule is COc1cccc(O)c1CNC1CCCN(CCCc2ccccc2)C1. The predicted molar refractivity (Wildman–Crippen MR) is 106 cm³/mol. The third kappa shape index (κ3) is 5.23. The van der Waals surface area contributed by atoms with Crippen LogP contribution >= 0.6 is 0 Å². The van der Waals surface area contributed by atoms with Crippen molar-refractivity contribution < 1.29 is 9.84 Å². The Bertz CT molecular complexity index is 675. The Labute approximate surface area is 156 Å². The number of piperidine rings is 1. The molecular weight excluding hydrogens is 324 g/mol. The van der Waals surface area contributed by atoms with Gasteiger partial charge in [0.1, 0.15) is 11.5 Å². The lowest BCUT2D eigenvalue weighted by atomic mass is 10.0. The summed E-state index contributed by atoms with van der Waals surface area (Å²) in [5.41, 5.74) is 2.27. The summed E-state index contributed by atoms with van der Waals surface area (Å²) in [5.74, 6) is 1.04. The van der Waals surface area contributed by atoms with Gasteiger partial charge in [-0.3, -0.25) is 0 Å². The highest BCUT2D eigenvalue weighted by molar-refractivity contribution is 5.43. The minimum atomic E-state index is 0.298. The van der Waals surface area contributed by atoms with Crippen LogP contribution in [0, 0.1) is 0 Å². The average molecular weight is 354 g/mol. The maximum absolute atomic E-state index is 10.1. The van der Waals surface area contributed by atoms with E-state index in [0.717, 1.165) is 30.8 Å². The number of phenolic OH excluding ortho intramolecular Hbond substituents is 1. The molecule has 4 nitrogen and oxygen atoms in total. The van der Waals surface area contributed by atoms with Crippen molar-refractivity contribution in [2.24, 2.45) is 0 Å². The van der Waals surface area contributed by atoms with Gasteiger partial charge in [-0.05, 0) is 56.5 Å². The van der Waals surface area contributed by atoms with Gasteiger partial charge in [0.2, 0.25) is 0 Å². The summed E-state index contributed by atoms with van der Waals surface area (Å²) in [7, 11) is 1.65. The number of nitrogens with zero attached hydrogens (tertiary/aromatic N) is 1. The van der Waals surface area contributed by atoms with E-state index in [1.165, 1.54) is 31.4 Å². The lowest BCUT2D eigenvalue weighted by molar-refractivity contribution is 0.187. The van der Waals surface area contributed by atoms with E-state index in [0.29, 0.717) is 18.3 Å². The van der Waals surface area contributed by atoms with Crippen LogP contribution in [-0.2, 0) is 13.0 Å². The van der Waals surface area contributed by atoms with Crippen molar-refractivity contribution in [3.05, 3.63) is 59.7 Å². The second kappa shape index (κ2) is 9.60. The molecule has 0 radical (unpaired) electrons. The second-order valence-electron chi connectivity index (χ2n) is 7.07. The van der Waals surface area contributed by atoms with Crippen molar-refractivity contribution in [1.82, 2.24) is 10.2 Å². The molecule has 26 heavy (non-hydrogen) atoms. The number of aromatic hydroxyl groups is 1. The van der Waals surface area contributed by atoms with Crippen molar-refractivity contribution in [2.45, 2.75) is 38.3 Å². The van der Waals surface area contributed by atoms with E-state index in [-0.39, 0.29) is 0 Å². The van der Waals surface area contributed by atoms with Gasteiger partial charge in [0.15, 0.2) is 0 Å². The standard InChI is InChI=1S/C22H30N2O2/c1-26-22-13-5-12-21(25)20(22)16-23-19-11-7-15-24(17-19)14-6-10-18-8-3-2-4-9-18/h2-5,8-9,12-13,19,23,25H,6-7,10-11,14-17H2,1H3. The Morgan fingerprint density at radius 3 is 2.81 bits per heavy atom. The molecule has 2 N–H and O–H groups in total. The van der Waals surface area contributed by atoms with E-state index in [1.807, 2.05) is 12.1 Å². The summed E-state index contributed by atoms with van der Waals surface area (Å²) >= 11 is 0. The number of nitrogens with one attached hydrogen (secondary N) is 1. The quantitative estimate of drug-likeness (QED) is 0.760. The number of hydrogen-bond acceptors (Lipinski definition) is 4. The fourth-order valence-corrected chi connectivity index (χ4v) is 3.75. The fourth-order valence-electron chi connectivity index (χ4n) is 3.75. The maximum atomic E-state index is 10.1. The van der Waals surface area contributed by atoms with Gasteiger partial charge in [0.05, 0.1) is 7.11 Å². The van der Waals surface area contributed by atoms with Crippen LogP contribution in [0.15, 0.2) is 48.5 Å². The van der Waals surface area contributed by atoms with Crippen LogP contribution < -0.4 is 10.1 Å². The molecule has 1 unspecified atom stereocenters. The molecule has 1 saturated heterocycles. The Hall–Kier alpha value is -2.04. The molecular formula is C22H30N2O2. The Balaban J connectivity index is 1.45. The molecule has 1 atom stereocenters. The first-order valence-corrected chi connectivity index (χ1v) is 9.61. The largest absolute Gasteiger partial charge is 0.507 e. The third-order valence-electron chi connectivity index (χ3n) is 5.18. The number of phenols is 1. The van der Waals surface area contributed by atoms with Gasteiger partial charge >= 0.3 is 0 Å². The summed E-state index contributed by atoms with van der Waals surface area (Å²) < 4.78 is 5.37. The van der Waals surface area contributed by atoms with Crippen molar-refractivity contribution in [3.8, 4) is 11.5 Å². The summed E-state index contributed by atoms with van der Waals surface area (Å²) in [4.78, 5) is 2.56. The minimum absolute atomic E-state index is 0.298. The van der Waals surface area contributed by atoms with Crippen LogP contribution in [-0.4, -0.2) is 42.8 Å². The molecule has 2 aromatic carbocycles. The fraction of sp³-hybridized carbons (Fsp3) is 0.455. The maximum Gasteiger partial charge on any atom is 0.127 e. The lowest BCUT2D eigenvalue weighted by Crippen LogP contribution is -2.45. The number of likely N-dealkylation sites (tertiary alicyclic amines) is 1. The Morgan fingerprint density at radius 1 is 1.15 bits per heavy atom. The smallest absolute Gasteiger partial charge is 0.127 e. The van der Waals surface area contributed by atoms with Crippen LogP contribution in [0.5, 0.6) is 11.5 Å². The monoisotopic (exact) mass is 354 g/mol. The molecule has 0 bridgehead atoms. The number of rotatable bonds is 8. The predicted octanol–water partition coefficient (Wildman–Crippen LogP) is 3.59. The highest BCUT2D eigenvalue weighted by Gasteiger charge is 2.20. The number of aryl methyl sites for hydroxylation is 1. The van der Waals surface area contributed by atoms with Crippen LogP contribution in [0.1, 0.15) is 30.4 Å². The van der Waals surface area contributed by atoms with Gasteiger partial charge < -0.3 is 20.1 Å². The molecule has 0 aliphatic carbocycles. The van der Waals surface area contributed by atoms with Crippen molar-refractivity contribution in [3.63, 3.8) is 0 Å². The van der Waals surface area contributed by atoms with Gasteiger partial charge in [-0.2, -0.15) is 0 Å². The van der Waals surface area contributed by atoms with Crippen molar-refractivity contribution in [2.75, 3.05) is 26.7 Å². The van der Waals surface area contributed by atoms with E-state index in [1.54, 1.807) is 13.2 Å². The highest BCUT2D eigenvalue weighted by Crippen LogP contribution is 2.27. The molecule has 0 spiro atoms. The summed E-state index contributed by atoms with van der Waals surface area (Å²) in [5, 5.41) is 13.7. The number of hydrogen-bond donors (Lipinski definition) is 2. The molecule has 4 heteroatoms. The molecule has 1 heterocycles. The van der Waals surface area contributed by atoms with E-state index in [2.05, 4.69) is 40.5 Å². The summed E-state index contributed by atoms with van der Waals surface area (Å²) in [6.07, 6.45) is 4.75. The molecule has 0 saturated carbocycles.